The van der Waals surface area contributed by atoms with Crippen LogP contribution in [-0.2, 0) is 0 Å². The van der Waals surface area contributed by atoms with Crippen molar-refractivity contribution in [3.8, 4) is 23.0 Å². The van der Waals surface area contributed by atoms with Crippen LogP contribution in [0.15, 0.2) is 39.0 Å². The molecule has 2 nitrogen and oxygen atoms in total. The Morgan fingerprint density at radius 2 is 0.900 bits per heavy atom. The summed E-state index contributed by atoms with van der Waals surface area (Å²) in [6.07, 6.45) is 0. The fraction of sp³-hybridized carbons (Fsp3) is 0. The van der Waals surface area contributed by atoms with Crippen LogP contribution in [0.4, 0.5) is 0 Å². The minimum absolute atomic E-state index is 0.633. The zero-order valence-corrected chi connectivity index (χ0v) is 18.8. The summed E-state index contributed by atoms with van der Waals surface area (Å²) < 4.78 is 17.0. The van der Waals surface area contributed by atoms with Gasteiger partial charge in [0.05, 0.1) is 8.95 Å². The highest BCUT2D eigenvalue weighted by Gasteiger charge is 2.27. The van der Waals surface area contributed by atoms with Gasteiger partial charge in [-0.3, -0.25) is 0 Å². The molecule has 0 radical (unpaired) electrons. The van der Waals surface area contributed by atoms with Crippen molar-refractivity contribution < 1.29 is 9.47 Å². The smallest absolute Gasteiger partial charge is 0.185 e. The molecule has 0 N–H and O–H groups in total. The summed E-state index contributed by atoms with van der Waals surface area (Å²) >= 11 is 20.9. The fourth-order valence-corrected chi connectivity index (χ4v) is 4.59. The van der Waals surface area contributed by atoms with Gasteiger partial charge in [-0.25, -0.2) is 0 Å². The maximum atomic E-state index is 5.96. The molecule has 0 unspecified atom stereocenters. The second-order valence-corrected chi connectivity index (χ2v) is 8.71. The summed E-state index contributed by atoms with van der Waals surface area (Å²) in [7, 11) is 0. The third kappa shape index (κ3) is 2.54. The third-order valence-corrected chi connectivity index (χ3v) is 9.13. The number of fused-ring (bicyclic) bond motifs is 2. The first kappa shape index (κ1) is 15.8. The third-order valence-electron chi connectivity index (χ3n) is 2.59. The molecule has 8 heteroatoms. The molecule has 0 saturated carbocycles. The van der Waals surface area contributed by atoms with E-state index in [1.165, 1.54) is 0 Å². The molecule has 0 spiro atoms. The van der Waals surface area contributed by atoms with Crippen molar-refractivity contribution in [2.45, 2.75) is 0 Å². The van der Waals surface area contributed by atoms with Crippen molar-refractivity contribution in [3.63, 3.8) is 0 Å². The van der Waals surface area contributed by atoms with E-state index in [0.717, 1.165) is 26.8 Å². The van der Waals surface area contributed by atoms with Crippen LogP contribution in [0.1, 0.15) is 0 Å². The second kappa shape index (κ2) is 5.85. The average Bonchev–Trinajstić information content (AvgIpc) is 2.42. The summed E-state index contributed by atoms with van der Waals surface area (Å²) in [5, 5.41) is 0. The van der Waals surface area contributed by atoms with Gasteiger partial charge in [-0.15, -0.1) is 0 Å². The van der Waals surface area contributed by atoms with Crippen molar-refractivity contribution in [3.05, 3.63) is 39.0 Å². The molecule has 0 saturated heterocycles. The first-order valence-electron chi connectivity index (χ1n) is 5.11. The molecule has 0 fully saturated rings. The molecule has 0 amide bonds. The Bertz CT molecular complexity index is 680. The van der Waals surface area contributed by atoms with Crippen molar-refractivity contribution >= 4 is 95.6 Å². The van der Waals surface area contributed by atoms with Gasteiger partial charge >= 0.3 is 0 Å². The summed E-state index contributed by atoms with van der Waals surface area (Å²) in [6.45, 7) is 0. The topological polar surface area (TPSA) is 18.5 Å². The molecule has 3 rings (SSSR count). The Morgan fingerprint density at radius 1 is 0.550 bits per heavy atom. The monoisotopic (exact) mass is 652 g/mol. The standard InChI is InChI=1S/C12H2Br6O2/c13-3-1-5-11(9(17)7(3)15)20-6-2-4(14)8(16)10(18)12(6)19-5/h1-2H. The van der Waals surface area contributed by atoms with Crippen molar-refractivity contribution in [2.75, 3.05) is 0 Å². The number of benzene rings is 2. The Labute approximate surface area is 165 Å². The van der Waals surface area contributed by atoms with E-state index in [4.69, 9.17) is 9.47 Å². The molecule has 20 heavy (non-hydrogen) atoms. The van der Waals surface area contributed by atoms with Crippen LogP contribution in [0.2, 0.25) is 0 Å². The Balaban J connectivity index is 2.22. The van der Waals surface area contributed by atoms with Crippen LogP contribution < -0.4 is 9.47 Å². The molecule has 0 atom stereocenters. The molecule has 0 aromatic heterocycles. The van der Waals surface area contributed by atoms with Crippen molar-refractivity contribution in [2.24, 2.45) is 0 Å². The van der Waals surface area contributed by atoms with Crippen LogP contribution >= 0.6 is 95.6 Å². The van der Waals surface area contributed by atoms with Gasteiger partial charge in [-0.1, -0.05) is 0 Å². The van der Waals surface area contributed by atoms with Gasteiger partial charge in [-0.2, -0.15) is 0 Å². The molecule has 0 aliphatic carbocycles. The lowest BCUT2D eigenvalue weighted by atomic mass is 10.2. The van der Waals surface area contributed by atoms with Crippen LogP contribution in [0.5, 0.6) is 23.0 Å². The highest BCUT2D eigenvalue weighted by atomic mass is 79.9. The summed E-state index contributed by atoms with van der Waals surface area (Å²) in [5.41, 5.74) is 0. The number of hydrogen-bond acceptors (Lipinski definition) is 2. The van der Waals surface area contributed by atoms with E-state index in [9.17, 15) is 0 Å². The van der Waals surface area contributed by atoms with Gasteiger partial charge < -0.3 is 9.47 Å². The molecule has 2 aromatic carbocycles. The Hall–Kier alpha value is 0.920. The molecule has 0 bridgehead atoms. The first-order valence-corrected chi connectivity index (χ1v) is 9.86. The summed E-state index contributed by atoms with van der Waals surface area (Å²) in [5.74, 6) is 2.53. The molecular formula is C12H2Br6O2. The number of ether oxygens (including phenoxy) is 2. The predicted octanol–water partition coefficient (Wildman–Crippen LogP) is 8.16. The van der Waals surface area contributed by atoms with Gasteiger partial charge in [0, 0.05) is 30.0 Å². The number of hydrogen-bond donors (Lipinski definition) is 0. The molecule has 1 heterocycles. The Morgan fingerprint density at radius 3 is 1.25 bits per heavy atom. The van der Waals surface area contributed by atoms with Crippen LogP contribution in [0.25, 0.3) is 0 Å². The molecule has 1 aliphatic heterocycles. The van der Waals surface area contributed by atoms with Crippen LogP contribution in [0.3, 0.4) is 0 Å². The minimum Gasteiger partial charge on any atom is -0.448 e. The minimum atomic E-state index is 0.633. The average molecular weight is 658 g/mol. The summed E-state index contributed by atoms with van der Waals surface area (Å²) in [4.78, 5) is 0. The molecule has 104 valence electrons. The van der Waals surface area contributed by atoms with Crippen molar-refractivity contribution in [1.82, 2.24) is 0 Å². The van der Waals surface area contributed by atoms with Crippen LogP contribution in [0, 0.1) is 0 Å². The lowest BCUT2D eigenvalue weighted by Crippen LogP contribution is -2.01. The SMILES string of the molecule is Brc1cc2c(c(Br)c1Br)Oc1cc(Br)c(Br)c(Br)c1O2. The predicted molar refractivity (Wildman–Crippen MR) is 99.2 cm³/mol. The number of halogens is 6. The van der Waals surface area contributed by atoms with E-state index in [1.807, 2.05) is 12.1 Å². The normalized spacial score (nSPS) is 12.3. The molecular weight excluding hydrogens is 656 g/mol. The van der Waals surface area contributed by atoms with E-state index in [0.29, 0.717) is 23.0 Å². The second-order valence-electron chi connectivity index (χ2n) is 3.83. The largest absolute Gasteiger partial charge is 0.448 e. The zero-order valence-electron chi connectivity index (χ0n) is 9.24. The van der Waals surface area contributed by atoms with Gasteiger partial charge in [0.25, 0.3) is 0 Å². The van der Waals surface area contributed by atoms with Crippen molar-refractivity contribution in [1.29, 1.82) is 0 Å². The molecule has 1 aliphatic rings. The first-order chi connectivity index (χ1) is 9.40. The lowest BCUT2D eigenvalue weighted by molar-refractivity contribution is 0.355. The van der Waals surface area contributed by atoms with Gasteiger partial charge in [0.1, 0.15) is 0 Å². The quantitative estimate of drug-likeness (QED) is 0.227. The van der Waals surface area contributed by atoms with Gasteiger partial charge in [0.15, 0.2) is 23.0 Å². The highest BCUT2D eigenvalue weighted by molar-refractivity contribution is 9.15. The summed E-state index contributed by atoms with van der Waals surface area (Å²) in [6, 6.07) is 3.71. The van der Waals surface area contributed by atoms with E-state index in [2.05, 4.69) is 95.6 Å². The number of rotatable bonds is 0. The van der Waals surface area contributed by atoms with E-state index >= 15 is 0 Å². The fourth-order valence-electron chi connectivity index (χ4n) is 1.68. The van der Waals surface area contributed by atoms with Crippen LogP contribution in [-0.4, -0.2) is 0 Å². The van der Waals surface area contributed by atoms with E-state index in [1.54, 1.807) is 0 Å². The zero-order chi connectivity index (χ0) is 14.6. The molecule has 2 aromatic rings. The Kier molecular flexibility index (Phi) is 4.62. The lowest BCUT2D eigenvalue weighted by Gasteiger charge is -2.24. The van der Waals surface area contributed by atoms with Gasteiger partial charge in [-0.05, 0) is 95.6 Å². The maximum absolute atomic E-state index is 5.96. The van der Waals surface area contributed by atoms with E-state index in [-0.39, 0.29) is 0 Å². The highest BCUT2D eigenvalue weighted by Crippen LogP contribution is 2.56. The maximum Gasteiger partial charge on any atom is 0.185 e. The van der Waals surface area contributed by atoms with Gasteiger partial charge in [0.2, 0.25) is 0 Å². The van der Waals surface area contributed by atoms with E-state index < -0.39 is 0 Å².